The monoisotopic (exact) mass is 303 g/mol. The Kier molecular flexibility index (Phi) is 5.23. The fourth-order valence-corrected chi connectivity index (χ4v) is 2.18. The molecule has 0 radical (unpaired) electrons. The van der Waals surface area contributed by atoms with E-state index in [-0.39, 0.29) is 12.5 Å². The molecule has 2 aromatic rings. The lowest BCUT2D eigenvalue weighted by Crippen LogP contribution is -2.20. The summed E-state index contributed by atoms with van der Waals surface area (Å²) in [5.74, 6) is 0.514. The van der Waals surface area contributed by atoms with E-state index in [9.17, 15) is 4.79 Å². The quantitative estimate of drug-likeness (QED) is 0.897. The van der Waals surface area contributed by atoms with Crippen LogP contribution in [-0.4, -0.2) is 12.5 Å². The zero-order valence-electron chi connectivity index (χ0n) is 12.2. The molecule has 0 aromatic heterocycles. The summed E-state index contributed by atoms with van der Waals surface area (Å²) >= 11 is 5.89. The van der Waals surface area contributed by atoms with Gasteiger partial charge in [-0.2, -0.15) is 0 Å². The van der Waals surface area contributed by atoms with E-state index < -0.39 is 0 Å². The van der Waals surface area contributed by atoms with Crippen molar-refractivity contribution in [2.75, 3.05) is 11.9 Å². The normalized spacial score (nSPS) is 10.2. The molecule has 110 valence electrons. The molecule has 1 amide bonds. The van der Waals surface area contributed by atoms with Crippen LogP contribution in [0.5, 0.6) is 5.75 Å². The fourth-order valence-electron chi connectivity index (χ4n) is 1.96. The zero-order valence-corrected chi connectivity index (χ0v) is 12.9. The average Bonchev–Trinajstić information content (AvgIpc) is 2.48. The van der Waals surface area contributed by atoms with Crippen LogP contribution in [0.2, 0.25) is 5.02 Å². The van der Waals surface area contributed by atoms with Crippen molar-refractivity contribution >= 4 is 23.2 Å². The number of ether oxygens (including phenoxy) is 1. The Morgan fingerprint density at radius 2 is 2.05 bits per heavy atom. The minimum absolute atomic E-state index is 0.0186. The van der Waals surface area contributed by atoms with E-state index in [1.54, 1.807) is 12.1 Å². The molecule has 0 aliphatic heterocycles. The van der Waals surface area contributed by atoms with Gasteiger partial charge < -0.3 is 10.1 Å². The first-order valence-corrected chi connectivity index (χ1v) is 7.24. The summed E-state index contributed by atoms with van der Waals surface area (Å²) in [7, 11) is 0. The Labute approximate surface area is 129 Å². The van der Waals surface area contributed by atoms with Gasteiger partial charge in [0.25, 0.3) is 5.91 Å². The van der Waals surface area contributed by atoms with Gasteiger partial charge in [-0.25, -0.2) is 0 Å². The molecule has 0 atom stereocenters. The molecule has 0 saturated carbocycles. The molecule has 0 aliphatic rings. The summed E-state index contributed by atoms with van der Waals surface area (Å²) in [4.78, 5) is 11.9. The molecule has 4 heteroatoms. The van der Waals surface area contributed by atoms with E-state index in [2.05, 4.69) is 12.2 Å². The third-order valence-corrected chi connectivity index (χ3v) is 3.37. The molecular weight excluding hydrogens is 286 g/mol. The molecule has 2 aromatic carbocycles. The summed E-state index contributed by atoms with van der Waals surface area (Å²) in [5.41, 5.74) is 2.85. The van der Waals surface area contributed by atoms with E-state index in [1.807, 2.05) is 37.3 Å². The molecule has 0 fully saturated rings. The Morgan fingerprint density at radius 3 is 2.76 bits per heavy atom. The molecule has 0 heterocycles. The number of hydrogen-bond acceptors (Lipinski definition) is 2. The number of amides is 1. The molecule has 0 unspecified atom stereocenters. The predicted octanol–water partition coefficient (Wildman–Crippen LogP) is 4.23. The lowest BCUT2D eigenvalue weighted by molar-refractivity contribution is -0.118. The first-order chi connectivity index (χ1) is 10.1. The van der Waals surface area contributed by atoms with Crippen molar-refractivity contribution < 1.29 is 9.53 Å². The highest BCUT2D eigenvalue weighted by atomic mass is 35.5. The second kappa shape index (κ2) is 7.14. The maximum absolute atomic E-state index is 11.9. The maximum atomic E-state index is 11.9. The van der Waals surface area contributed by atoms with Crippen LogP contribution in [0.3, 0.4) is 0 Å². The Morgan fingerprint density at radius 1 is 1.24 bits per heavy atom. The van der Waals surface area contributed by atoms with Gasteiger partial charge >= 0.3 is 0 Å². The molecular formula is C17H18ClNO2. The highest BCUT2D eigenvalue weighted by Gasteiger charge is 2.06. The number of carbonyl (C=O) groups is 1. The van der Waals surface area contributed by atoms with E-state index in [1.165, 1.54) is 5.56 Å². The second-order valence-electron chi connectivity index (χ2n) is 4.80. The van der Waals surface area contributed by atoms with E-state index in [4.69, 9.17) is 16.3 Å². The van der Waals surface area contributed by atoms with Gasteiger partial charge in [0.05, 0.1) is 0 Å². The maximum Gasteiger partial charge on any atom is 0.262 e. The number of carbonyl (C=O) groups excluding carboxylic acids is 1. The van der Waals surface area contributed by atoms with Gasteiger partial charge in [-0.15, -0.1) is 0 Å². The summed E-state index contributed by atoms with van der Waals surface area (Å²) in [6.07, 6.45) is 0.938. The fraction of sp³-hybridized carbons (Fsp3) is 0.235. The summed E-state index contributed by atoms with van der Waals surface area (Å²) in [5, 5.41) is 3.46. The van der Waals surface area contributed by atoms with Crippen LogP contribution < -0.4 is 10.1 Å². The summed E-state index contributed by atoms with van der Waals surface area (Å²) in [6.45, 7) is 3.96. The van der Waals surface area contributed by atoms with Gasteiger partial charge in [-0.1, -0.05) is 30.7 Å². The van der Waals surface area contributed by atoms with Crippen molar-refractivity contribution in [3.63, 3.8) is 0 Å². The van der Waals surface area contributed by atoms with Crippen LogP contribution in [0, 0.1) is 6.92 Å². The Hall–Kier alpha value is -2.00. The summed E-state index contributed by atoms with van der Waals surface area (Å²) < 4.78 is 5.51. The number of anilines is 1. The van der Waals surface area contributed by atoms with Gasteiger partial charge in [0.15, 0.2) is 6.61 Å². The zero-order chi connectivity index (χ0) is 15.2. The number of benzene rings is 2. The average molecular weight is 304 g/mol. The first kappa shape index (κ1) is 15.4. The smallest absolute Gasteiger partial charge is 0.262 e. The van der Waals surface area contributed by atoms with Gasteiger partial charge in [0, 0.05) is 10.7 Å². The molecule has 1 N–H and O–H groups in total. The third kappa shape index (κ3) is 4.50. The SMILES string of the molecule is CCc1cccc(OCC(=O)Nc2ccc(Cl)cc2C)c1. The van der Waals surface area contributed by atoms with E-state index >= 15 is 0 Å². The highest BCUT2D eigenvalue weighted by Crippen LogP contribution is 2.19. The molecule has 0 aliphatic carbocycles. The van der Waals surface area contributed by atoms with Crippen molar-refractivity contribution in [1.29, 1.82) is 0 Å². The van der Waals surface area contributed by atoms with Crippen molar-refractivity contribution in [1.82, 2.24) is 0 Å². The number of nitrogens with one attached hydrogen (secondary N) is 1. The van der Waals surface area contributed by atoms with Gasteiger partial charge in [-0.3, -0.25) is 4.79 Å². The number of aryl methyl sites for hydroxylation is 2. The number of halogens is 1. The topological polar surface area (TPSA) is 38.3 Å². The minimum atomic E-state index is -0.192. The van der Waals surface area contributed by atoms with Crippen molar-refractivity contribution in [3.05, 3.63) is 58.6 Å². The van der Waals surface area contributed by atoms with Crippen molar-refractivity contribution in [2.45, 2.75) is 20.3 Å². The lowest BCUT2D eigenvalue weighted by atomic mass is 10.2. The molecule has 21 heavy (non-hydrogen) atoms. The van der Waals surface area contributed by atoms with Crippen LogP contribution in [0.15, 0.2) is 42.5 Å². The van der Waals surface area contributed by atoms with Crippen LogP contribution in [0.4, 0.5) is 5.69 Å². The molecule has 0 saturated heterocycles. The Bertz CT molecular complexity index is 640. The third-order valence-electron chi connectivity index (χ3n) is 3.14. The second-order valence-corrected chi connectivity index (χ2v) is 5.23. The summed E-state index contributed by atoms with van der Waals surface area (Å²) in [6, 6.07) is 13.1. The van der Waals surface area contributed by atoms with Crippen molar-refractivity contribution in [2.24, 2.45) is 0 Å². The molecule has 0 bridgehead atoms. The van der Waals surface area contributed by atoms with Gasteiger partial charge in [0.1, 0.15) is 5.75 Å². The van der Waals surface area contributed by atoms with E-state index in [0.717, 1.165) is 17.7 Å². The van der Waals surface area contributed by atoms with Gasteiger partial charge in [-0.05, 0) is 54.8 Å². The number of rotatable bonds is 5. The van der Waals surface area contributed by atoms with Gasteiger partial charge in [0.2, 0.25) is 0 Å². The highest BCUT2D eigenvalue weighted by molar-refractivity contribution is 6.30. The van der Waals surface area contributed by atoms with Crippen molar-refractivity contribution in [3.8, 4) is 5.75 Å². The van der Waals surface area contributed by atoms with Crippen LogP contribution in [0.25, 0.3) is 0 Å². The molecule has 0 spiro atoms. The minimum Gasteiger partial charge on any atom is -0.484 e. The van der Waals surface area contributed by atoms with E-state index in [0.29, 0.717) is 10.8 Å². The van der Waals surface area contributed by atoms with Crippen LogP contribution in [0.1, 0.15) is 18.1 Å². The molecule has 2 rings (SSSR count). The van der Waals surface area contributed by atoms with Crippen LogP contribution in [-0.2, 0) is 11.2 Å². The molecule has 3 nitrogen and oxygen atoms in total. The number of hydrogen-bond donors (Lipinski definition) is 1. The predicted molar refractivity (Wildman–Crippen MR) is 86.1 cm³/mol. The largest absolute Gasteiger partial charge is 0.484 e. The Balaban J connectivity index is 1.92. The first-order valence-electron chi connectivity index (χ1n) is 6.86. The van der Waals surface area contributed by atoms with Crippen LogP contribution >= 0.6 is 11.6 Å². The standard InChI is InChI=1S/C17H18ClNO2/c1-3-13-5-4-6-15(10-13)21-11-17(20)19-16-8-7-14(18)9-12(16)2/h4-10H,3,11H2,1-2H3,(H,19,20). The lowest BCUT2D eigenvalue weighted by Gasteiger charge is -2.10.